The summed E-state index contributed by atoms with van der Waals surface area (Å²) >= 11 is 0. The first kappa shape index (κ1) is 23.0. The van der Waals surface area contributed by atoms with Crippen LogP contribution in [0, 0.1) is 11.3 Å². The van der Waals surface area contributed by atoms with Crippen LogP contribution in [0.15, 0.2) is 23.3 Å². The molecule has 2 N–H and O–H groups in total. The van der Waals surface area contributed by atoms with Crippen LogP contribution in [0.25, 0.3) is 0 Å². The molecule has 0 radical (unpaired) electrons. The molecule has 1 fully saturated rings. The molecular formula is C19H33IN4O2. The van der Waals surface area contributed by atoms with E-state index < -0.39 is 0 Å². The summed E-state index contributed by atoms with van der Waals surface area (Å²) in [5.41, 5.74) is 1.18. The lowest BCUT2D eigenvalue weighted by molar-refractivity contribution is 0.0205. The third-order valence-corrected chi connectivity index (χ3v) is 4.35. The van der Waals surface area contributed by atoms with E-state index >= 15 is 0 Å². The summed E-state index contributed by atoms with van der Waals surface area (Å²) in [6.07, 6.45) is 4.45. The average molecular weight is 476 g/mol. The zero-order valence-corrected chi connectivity index (χ0v) is 18.9. The minimum atomic E-state index is 0. The first-order chi connectivity index (χ1) is 11.9. The third kappa shape index (κ3) is 8.07. The van der Waals surface area contributed by atoms with Crippen molar-refractivity contribution in [3.63, 3.8) is 0 Å². The number of aromatic nitrogens is 1. The highest BCUT2D eigenvalue weighted by atomic mass is 127. The fourth-order valence-electron chi connectivity index (χ4n) is 2.47. The second kappa shape index (κ2) is 10.9. The normalized spacial score (nSPS) is 15.8. The van der Waals surface area contributed by atoms with Crippen molar-refractivity contribution in [2.45, 2.75) is 46.3 Å². The van der Waals surface area contributed by atoms with Crippen molar-refractivity contribution in [1.29, 1.82) is 0 Å². The highest BCUT2D eigenvalue weighted by Gasteiger charge is 2.24. The van der Waals surface area contributed by atoms with E-state index in [1.54, 1.807) is 20.4 Å². The molecule has 2 rings (SSSR count). The number of aliphatic imine (C=N–C) groups is 1. The molecule has 0 aliphatic heterocycles. The summed E-state index contributed by atoms with van der Waals surface area (Å²) in [4.78, 5) is 8.55. The van der Waals surface area contributed by atoms with Crippen LogP contribution in [0.2, 0.25) is 0 Å². The van der Waals surface area contributed by atoms with Crippen LogP contribution in [-0.2, 0) is 11.3 Å². The summed E-state index contributed by atoms with van der Waals surface area (Å²) in [6.45, 7) is 8.64. The van der Waals surface area contributed by atoms with E-state index in [2.05, 4.69) is 41.4 Å². The van der Waals surface area contributed by atoms with E-state index in [4.69, 9.17) is 9.47 Å². The number of rotatable bonds is 8. The van der Waals surface area contributed by atoms with Crippen LogP contribution >= 0.6 is 24.0 Å². The molecule has 1 aromatic rings. The van der Waals surface area contributed by atoms with Crippen molar-refractivity contribution >= 4 is 29.9 Å². The van der Waals surface area contributed by atoms with E-state index in [-0.39, 0.29) is 35.5 Å². The molecule has 0 saturated heterocycles. The fourth-order valence-corrected chi connectivity index (χ4v) is 2.47. The van der Waals surface area contributed by atoms with Crippen LogP contribution in [0.5, 0.6) is 5.88 Å². The Kier molecular flexibility index (Phi) is 9.63. The molecule has 1 unspecified atom stereocenters. The molecule has 1 aliphatic rings. The minimum absolute atomic E-state index is 0. The van der Waals surface area contributed by atoms with E-state index in [0.717, 1.165) is 24.0 Å². The number of pyridine rings is 1. The molecule has 0 amide bonds. The molecule has 1 saturated carbocycles. The summed E-state index contributed by atoms with van der Waals surface area (Å²) in [5.74, 6) is 2.17. The first-order valence-corrected chi connectivity index (χ1v) is 8.97. The molecule has 1 aliphatic carbocycles. The van der Waals surface area contributed by atoms with Gasteiger partial charge < -0.3 is 20.1 Å². The van der Waals surface area contributed by atoms with Gasteiger partial charge in [-0.15, -0.1) is 24.0 Å². The van der Waals surface area contributed by atoms with Gasteiger partial charge in [0.05, 0.1) is 12.7 Å². The second-order valence-electron chi connectivity index (χ2n) is 7.65. The fraction of sp³-hybridized carbons (Fsp3) is 0.684. The van der Waals surface area contributed by atoms with Gasteiger partial charge in [0, 0.05) is 39.5 Å². The van der Waals surface area contributed by atoms with E-state index in [0.29, 0.717) is 19.0 Å². The third-order valence-electron chi connectivity index (χ3n) is 4.35. The number of nitrogens with zero attached hydrogens (tertiary/aromatic N) is 2. The van der Waals surface area contributed by atoms with Gasteiger partial charge in [-0.05, 0) is 35.8 Å². The van der Waals surface area contributed by atoms with E-state index in [1.165, 1.54) is 12.8 Å². The Balaban J connectivity index is 0.00000338. The Bertz CT molecular complexity index is 571. The van der Waals surface area contributed by atoms with Crippen molar-refractivity contribution in [1.82, 2.24) is 15.6 Å². The van der Waals surface area contributed by atoms with Gasteiger partial charge in [0.2, 0.25) is 5.88 Å². The number of halogens is 1. The molecule has 0 bridgehead atoms. The smallest absolute Gasteiger partial charge is 0.213 e. The lowest BCUT2D eigenvalue weighted by atomic mass is 9.89. The lowest BCUT2D eigenvalue weighted by Gasteiger charge is -2.30. The first-order valence-electron chi connectivity index (χ1n) is 8.97. The van der Waals surface area contributed by atoms with Gasteiger partial charge in [0.15, 0.2) is 5.96 Å². The molecule has 7 heteroatoms. The van der Waals surface area contributed by atoms with Crippen molar-refractivity contribution in [3.05, 3.63) is 23.9 Å². The molecule has 6 nitrogen and oxygen atoms in total. The number of guanidine groups is 1. The molecule has 1 aromatic heterocycles. The van der Waals surface area contributed by atoms with Gasteiger partial charge in [-0.2, -0.15) is 0 Å². The summed E-state index contributed by atoms with van der Waals surface area (Å²) in [5, 5.41) is 6.65. The Morgan fingerprint density at radius 1 is 1.35 bits per heavy atom. The second-order valence-corrected chi connectivity index (χ2v) is 7.65. The molecule has 1 atom stereocenters. The predicted molar refractivity (Wildman–Crippen MR) is 116 cm³/mol. The quantitative estimate of drug-likeness (QED) is 0.343. The molecule has 26 heavy (non-hydrogen) atoms. The summed E-state index contributed by atoms with van der Waals surface area (Å²) < 4.78 is 11.3. The molecule has 0 aromatic carbocycles. The molecular weight excluding hydrogens is 443 g/mol. The maximum Gasteiger partial charge on any atom is 0.213 e. The van der Waals surface area contributed by atoms with Gasteiger partial charge in [0.25, 0.3) is 0 Å². The molecule has 1 heterocycles. The van der Waals surface area contributed by atoms with Crippen LogP contribution < -0.4 is 15.4 Å². The number of hydrogen-bond donors (Lipinski definition) is 2. The van der Waals surface area contributed by atoms with Crippen molar-refractivity contribution < 1.29 is 9.47 Å². The zero-order chi connectivity index (χ0) is 18.3. The zero-order valence-electron chi connectivity index (χ0n) is 16.5. The van der Waals surface area contributed by atoms with Crippen LogP contribution in [0.4, 0.5) is 0 Å². The van der Waals surface area contributed by atoms with Gasteiger partial charge in [-0.25, -0.2) is 4.98 Å². The van der Waals surface area contributed by atoms with Crippen molar-refractivity contribution in [2.24, 2.45) is 16.3 Å². The number of hydrogen-bond acceptors (Lipinski definition) is 4. The molecule has 148 valence electrons. The minimum Gasteiger partial charge on any atom is -0.477 e. The van der Waals surface area contributed by atoms with Crippen molar-refractivity contribution in [2.75, 3.05) is 27.3 Å². The Morgan fingerprint density at radius 2 is 2.08 bits per heavy atom. The van der Waals surface area contributed by atoms with Gasteiger partial charge in [0.1, 0.15) is 0 Å². The van der Waals surface area contributed by atoms with Crippen molar-refractivity contribution in [3.8, 4) is 5.88 Å². The predicted octanol–water partition coefficient (Wildman–Crippen LogP) is 3.21. The molecule has 0 spiro atoms. The maximum absolute atomic E-state index is 5.73. The number of nitrogens with one attached hydrogen (secondary N) is 2. The Morgan fingerprint density at radius 3 is 2.65 bits per heavy atom. The Labute approximate surface area is 174 Å². The van der Waals surface area contributed by atoms with Gasteiger partial charge >= 0.3 is 0 Å². The van der Waals surface area contributed by atoms with Crippen LogP contribution in [0.3, 0.4) is 0 Å². The van der Waals surface area contributed by atoms with E-state index in [1.807, 2.05) is 12.1 Å². The number of ether oxygens (including phenoxy) is 2. The van der Waals surface area contributed by atoms with Gasteiger partial charge in [-0.3, -0.25) is 4.99 Å². The largest absolute Gasteiger partial charge is 0.477 e. The monoisotopic (exact) mass is 476 g/mol. The van der Waals surface area contributed by atoms with E-state index in [9.17, 15) is 0 Å². The Hall–Kier alpha value is -1.09. The highest BCUT2D eigenvalue weighted by molar-refractivity contribution is 14.0. The maximum atomic E-state index is 5.73. The average Bonchev–Trinajstić information content (AvgIpc) is 3.40. The van der Waals surface area contributed by atoms with Crippen LogP contribution in [0.1, 0.15) is 39.2 Å². The van der Waals surface area contributed by atoms with Crippen LogP contribution in [-0.4, -0.2) is 44.4 Å². The highest BCUT2D eigenvalue weighted by Crippen LogP contribution is 2.29. The summed E-state index contributed by atoms with van der Waals surface area (Å²) in [7, 11) is 3.51. The van der Waals surface area contributed by atoms with Gasteiger partial charge in [-0.1, -0.05) is 20.8 Å². The SMILES string of the molecule is CN=C(NCc1ccnc(OCC2CC2)c1)NCC(OC)C(C)(C)C.I. The summed E-state index contributed by atoms with van der Waals surface area (Å²) in [6, 6.07) is 3.97. The number of methoxy groups -OCH3 is 1. The standard InChI is InChI=1S/C19H32N4O2.HI/c1-19(2,3)16(24-5)12-23-18(20-4)22-11-15-8-9-21-17(10-15)25-13-14-6-7-14;/h8-10,14,16H,6-7,11-13H2,1-5H3,(H2,20,22,23);1H. The topological polar surface area (TPSA) is 67.8 Å². The lowest BCUT2D eigenvalue weighted by Crippen LogP contribution is -2.45.